The number of rotatable bonds is 5. The van der Waals surface area contributed by atoms with Gasteiger partial charge in [0, 0.05) is 25.3 Å². The number of hydrogen-bond acceptors (Lipinski definition) is 3. The summed E-state index contributed by atoms with van der Waals surface area (Å²) in [5.41, 5.74) is 3.31. The van der Waals surface area contributed by atoms with Gasteiger partial charge in [-0.1, -0.05) is 30.3 Å². The summed E-state index contributed by atoms with van der Waals surface area (Å²) in [6.07, 6.45) is 3.45. The molecule has 3 aliphatic rings. The maximum atomic E-state index is 13.5. The van der Waals surface area contributed by atoms with Gasteiger partial charge in [-0.15, -0.1) is 0 Å². The van der Waals surface area contributed by atoms with Crippen molar-refractivity contribution in [3.8, 4) is 5.75 Å². The molecule has 1 saturated heterocycles. The standard InChI is InChI=1S/C23H26N2O2/c1-27-19-10-8-17(9-11-19)14-24-13-12-23(16-24)20-4-2-3-5-21(20)25(22(23)26)15-18-6-7-18/h2-5,8-11,18H,6-7,12-16H2,1H3. The van der Waals surface area contributed by atoms with E-state index in [1.807, 2.05) is 12.1 Å². The van der Waals surface area contributed by atoms with Crippen LogP contribution in [-0.4, -0.2) is 37.6 Å². The highest BCUT2D eigenvalue weighted by molar-refractivity contribution is 6.08. The predicted octanol–water partition coefficient (Wildman–Crippen LogP) is 3.60. The van der Waals surface area contributed by atoms with Crippen LogP contribution in [0.1, 0.15) is 30.4 Å². The monoisotopic (exact) mass is 362 g/mol. The molecule has 4 heteroatoms. The molecular weight excluding hydrogens is 336 g/mol. The Labute approximate surface area is 160 Å². The molecule has 2 heterocycles. The Morgan fingerprint density at radius 1 is 1.11 bits per heavy atom. The maximum absolute atomic E-state index is 13.5. The van der Waals surface area contributed by atoms with Gasteiger partial charge in [0.1, 0.15) is 5.75 Å². The molecule has 2 fully saturated rings. The van der Waals surface area contributed by atoms with Gasteiger partial charge in [0.05, 0.1) is 12.5 Å². The number of benzene rings is 2. The van der Waals surface area contributed by atoms with E-state index < -0.39 is 0 Å². The van der Waals surface area contributed by atoms with Crippen molar-refractivity contribution in [1.29, 1.82) is 0 Å². The van der Waals surface area contributed by atoms with E-state index in [0.717, 1.165) is 44.0 Å². The number of methoxy groups -OCH3 is 1. The number of nitrogens with zero attached hydrogens (tertiary/aromatic N) is 2. The molecule has 1 saturated carbocycles. The van der Waals surface area contributed by atoms with Crippen molar-refractivity contribution in [1.82, 2.24) is 4.90 Å². The molecule has 2 aromatic carbocycles. The highest BCUT2D eigenvalue weighted by Crippen LogP contribution is 2.48. The molecule has 5 rings (SSSR count). The van der Waals surface area contributed by atoms with E-state index >= 15 is 0 Å². The lowest BCUT2D eigenvalue weighted by Crippen LogP contribution is -2.43. The summed E-state index contributed by atoms with van der Waals surface area (Å²) in [7, 11) is 1.69. The molecule has 0 radical (unpaired) electrons. The summed E-state index contributed by atoms with van der Waals surface area (Å²) in [5, 5.41) is 0. The minimum atomic E-state index is -0.349. The SMILES string of the molecule is COc1ccc(CN2CCC3(C2)C(=O)N(CC2CC2)c2ccccc23)cc1. The number of amides is 1. The van der Waals surface area contributed by atoms with E-state index in [1.54, 1.807) is 7.11 Å². The van der Waals surface area contributed by atoms with Crippen molar-refractivity contribution >= 4 is 11.6 Å². The van der Waals surface area contributed by atoms with Gasteiger partial charge in [0.25, 0.3) is 0 Å². The summed E-state index contributed by atoms with van der Waals surface area (Å²) in [4.78, 5) is 18.0. The van der Waals surface area contributed by atoms with Crippen LogP contribution in [-0.2, 0) is 16.8 Å². The largest absolute Gasteiger partial charge is 0.497 e. The van der Waals surface area contributed by atoms with E-state index in [0.29, 0.717) is 11.8 Å². The molecule has 1 amide bonds. The first-order valence-electron chi connectivity index (χ1n) is 9.96. The lowest BCUT2D eigenvalue weighted by Gasteiger charge is -2.25. The second-order valence-corrected chi connectivity index (χ2v) is 8.27. The third kappa shape index (κ3) is 2.83. The third-order valence-electron chi connectivity index (χ3n) is 6.42. The number of para-hydroxylation sites is 1. The van der Waals surface area contributed by atoms with Crippen LogP contribution in [0, 0.1) is 5.92 Å². The van der Waals surface area contributed by atoms with Crippen molar-refractivity contribution in [2.24, 2.45) is 5.92 Å². The molecule has 140 valence electrons. The fourth-order valence-corrected chi connectivity index (χ4v) is 4.74. The first-order chi connectivity index (χ1) is 13.2. The molecule has 1 aliphatic carbocycles. The molecule has 0 bridgehead atoms. The Bertz CT molecular complexity index is 859. The van der Waals surface area contributed by atoms with E-state index in [4.69, 9.17) is 4.74 Å². The molecular formula is C23H26N2O2. The van der Waals surface area contributed by atoms with E-state index in [9.17, 15) is 4.79 Å². The predicted molar refractivity (Wildman–Crippen MR) is 106 cm³/mol. The molecule has 27 heavy (non-hydrogen) atoms. The molecule has 2 aromatic rings. The number of carbonyl (C=O) groups is 1. The Hall–Kier alpha value is -2.33. The fraction of sp³-hybridized carbons (Fsp3) is 0.435. The average molecular weight is 362 g/mol. The van der Waals surface area contributed by atoms with Gasteiger partial charge in [-0.05, 0) is 61.1 Å². The van der Waals surface area contributed by atoms with Gasteiger partial charge in [0.15, 0.2) is 0 Å². The number of hydrogen-bond donors (Lipinski definition) is 0. The van der Waals surface area contributed by atoms with Crippen LogP contribution in [0.5, 0.6) is 5.75 Å². The van der Waals surface area contributed by atoms with Gasteiger partial charge in [0.2, 0.25) is 5.91 Å². The van der Waals surface area contributed by atoms with Crippen LogP contribution in [0.4, 0.5) is 5.69 Å². The van der Waals surface area contributed by atoms with Crippen molar-refractivity contribution in [3.05, 3.63) is 59.7 Å². The first kappa shape index (κ1) is 16.8. The molecule has 2 aliphatic heterocycles. The molecule has 4 nitrogen and oxygen atoms in total. The summed E-state index contributed by atoms with van der Waals surface area (Å²) in [6.45, 7) is 3.55. The third-order valence-corrected chi connectivity index (χ3v) is 6.42. The maximum Gasteiger partial charge on any atom is 0.239 e. The Morgan fingerprint density at radius 3 is 2.63 bits per heavy atom. The lowest BCUT2D eigenvalue weighted by atomic mass is 9.81. The second-order valence-electron chi connectivity index (χ2n) is 8.27. The fourth-order valence-electron chi connectivity index (χ4n) is 4.74. The zero-order valence-corrected chi connectivity index (χ0v) is 15.9. The molecule has 1 spiro atoms. The Kier molecular flexibility index (Phi) is 3.97. The second kappa shape index (κ2) is 6.38. The van der Waals surface area contributed by atoms with Crippen molar-refractivity contribution in [2.75, 3.05) is 31.6 Å². The topological polar surface area (TPSA) is 32.8 Å². The van der Waals surface area contributed by atoms with Gasteiger partial charge >= 0.3 is 0 Å². The number of fused-ring (bicyclic) bond motifs is 2. The van der Waals surface area contributed by atoms with E-state index in [2.05, 4.69) is 46.2 Å². The highest BCUT2D eigenvalue weighted by atomic mass is 16.5. The van der Waals surface area contributed by atoms with Gasteiger partial charge in [-0.3, -0.25) is 9.69 Å². The lowest BCUT2D eigenvalue weighted by molar-refractivity contribution is -0.122. The van der Waals surface area contributed by atoms with Crippen LogP contribution < -0.4 is 9.64 Å². The van der Waals surface area contributed by atoms with Crippen LogP contribution in [0.2, 0.25) is 0 Å². The van der Waals surface area contributed by atoms with Crippen molar-refractivity contribution in [3.63, 3.8) is 0 Å². The van der Waals surface area contributed by atoms with E-state index in [1.165, 1.54) is 24.0 Å². The number of likely N-dealkylation sites (tertiary alicyclic amines) is 1. The quantitative estimate of drug-likeness (QED) is 0.815. The van der Waals surface area contributed by atoms with Crippen molar-refractivity contribution < 1.29 is 9.53 Å². The Morgan fingerprint density at radius 2 is 1.89 bits per heavy atom. The average Bonchev–Trinajstić information content (AvgIpc) is 3.39. The Balaban J connectivity index is 1.38. The number of carbonyl (C=O) groups excluding carboxylic acids is 1. The summed E-state index contributed by atoms with van der Waals surface area (Å²) in [6, 6.07) is 16.7. The van der Waals surface area contributed by atoms with Crippen LogP contribution in [0.15, 0.2) is 48.5 Å². The molecule has 1 unspecified atom stereocenters. The minimum absolute atomic E-state index is 0.327. The zero-order chi connectivity index (χ0) is 18.4. The van der Waals surface area contributed by atoms with Gasteiger partial charge < -0.3 is 9.64 Å². The molecule has 0 N–H and O–H groups in total. The van der Waals surface area contributed by atoms with Crippen LogP contribution >= 0.6 is 0 Å². The minimum Gasteiger partial charge on any atom is -0.497 e. The van der Waals surface area contributed by atoms with Gasteiger partial charge in [-0.2, -0.15) is 0 Å². The first-order valence-corrected chi connectivity index (χ1v) is 9.96. The normalized spacial score (nSPS) is 24.6. The highest BCUT2D eigenvalue weighted by Gasteiger charge is 2.54. The number of anilines is 1. The van der Waals surface area contributed by atoms with E-state index in [-0.39, 0.29) is 5.41 Å². The molecule has 0 aromatic heterocycles. The van der Waals surface area contributed by atoms with Gasteiger partial charge in [-0.25, -0.2) is 0 Å². The van der Waals surface area contributed by atoms with Crippen LogP contribution in [0.25, 0.3) is 0 Å². The number of ether oxygens (including phenoxy) is 1. The van der Waals surface area contributed by atoms with Crippen molar-refractivity contribution in [2.45, 2.75) is 31.2 Å². The zero-order valence-electron chi connectivity index (χ0n) is 15.9. The molecule has 1 atom stereocenters. The summed E-state index contributed by atoms with van der Waals surface area (Å²) >= 11 is 0. The van der Waals surface area contributed by atoms with Crippen LogP contribution in [0.3, 0.4) is 0 Å². The summed E-state index contributed by atoms with van der Waals surface area (Å²) in [5.74, 6) is 1.91. The smallest absolute Gasteiger partial charge is 0.239 e. The summed E-state index contributed by atoms with van der Waals surface area (Å²) < 4.78 is 5.25.